The number of alkyl halides is 4. The quantitative estimate of drug-likeness (QED) is 0.128. The van der Waals surface area contributed by atoms with E-state index in [1.54, 1.807) is 7.05 Å². The van der Waals surface area contributed by atoms with Gasteiger partial charge < -0.3 is 0 Å². The summed E-state index contributed by atoms with van der Waals surface area (Å²) >= 11 is 13.9. The van der Waals surface area contributed by atoms with Crippen LogP contribution in [0.3, 0.4) is 0 Å². The standard InChI is InChI=1S/C23H13NO2.C15H9NO2.C8H6Br4/c1-24-22(25)16-8-6-14-18-10-12-4-2-3-5-13(12)11-19(18)15-7-9-17(23(24)26)21(16)20(14)15;1-16-14(17)10-6-4-8-2-3-9-5-7-11(15(16)18)13(10)12(8)9;9-7(10)5-3-1-2-4-6(5)8(11)12/h2-11H,1H3;2-7H,1H3;1-4,7-8H. The molecular weight excluding hydrogens is 964 g/mol. The lowest BCUT2D eigenvalue weighted by Gasteiger charge is -2.24. The molecule has 7 aromatic rings. The number of carbonyl (C=O) groups excluding carboxylic acids is 4. The van der Waals surface area contributed by atoms with E-state index in [1.165, 1.54) is 49.9 Å². The number of halogens is 4. The summed E-state index contributed by atoms with van der Waals surface area (Å²) in [5.41, 5.74) is 11.6. The second-order valence-corrected chi connectivity index (χ2v) is 20.0. The van der Waals surface area contributed by atoms with Gasteiger partial charge in [0.2, 0.25) is 0 Å². The highest BCUT2D eigenvalue weighted by atomic mass is 79.9. The van der Waals surface area contributed by atoms with Gasteiger partial charge in [-0.1, -0.05) is 149 Å². The summed E-state index contributed by atoms with van der Waals surface area (Å²) in [7, 11) is 3.07. The molecule has 0 radical (unpaired) electrons. The van der Waals surface area contributed by atoms with Gasteiger partial charge in [-0.3, -0.25) is 29.0 Å². The molecule has 11 rings (SSSR count). The molecule has 6 nitrogen and oxygen atoms in total. The summed E-state index contributed by atoms with van der Waals surface area (Å²) in [6.07, 6.45) is 4.04. The third-order valence-corrected chi connectivity index (χ3v) is 12.9. The molecule has 0 atom stereocenters. The minimum Gasteiger partial charge on any atom is -0.277 e. The third-order valence-electron chi connectivity index (χ3n) is 10.9. The summed E-state index contributed by atoms with van der Waals surface area (Å²) < 4.78 is 0.414. The van der Waals surface area contributed by atoms with Crippen LogP contribution in [0.25, 0.3) is 66.7 Å². The zero-order valence-corrected chi connectivity index (χ0v) is 36.1. The fraction of sp³-hybridized carbons (Fsp3) is 0.0870. The van der Waals surface area contributed by atoms with Gasteiger partial charge in [0.25, 0.3) is 23.6 Å². The molecule has 10 heteroatoms. The molecular formula is C46H28Br4N2O4. The molecule has 56 heavy (non-hydrogen) atoms. The van der Waals surface area contributed by atoms with Gasteiger partial charge >= 0.3 is 0 Å². The zero-order valence-electron chi connectivity index (χ0n) is 29.7. The SMILES string of the molecule is BrC(Br)c1ccccc1C(Br)Br.CN1C(=O)c2ccc3c4c(ccc(c24)C1=O)-c1cc2ccccc2cc1-3.CN1C(=O)c2ccc3c4c(ccc(c24)C1=O)C=C3. The molecule has 0 spiro atoms. The lowest BCUT2D eigenvalue weighted by atomic mass is 9.91. The van der Waals surface area contributed by atoms with Crippen LogP contribution in [-0.4, -0.2) is 47.5 Å². The van der Waals surface area contributed by atoms with Crippen molar-refractivity contribution in [3.05, 3.63) is 154 Å². The predicted octanol–water partition coefficient (Wildman–Crippen LogP) is 12.7. The van der Waals surface area contributed by atoms with Crippen LogP contribution < -0.4 is 0 Å². The Labute approximate surface area is 355 Å². The fourth-order valence-electron chi connectivity index (χ4n) is 8.17. The van der Waals surface area contributed by atoms with E-state index < -0.39 is 0 Å². The second kappa shape index (κ2) is 14.0. The topological polar surface area (TPSA) is 74.8 Å². The van der Waals surface area contributed by atoms with Crippen LogP contribution in [0.5, 0.6) is 0 Å². The Bertz CT molecular complexity index is 2770. The first-order valence-corrected chi connectivity index (χ1v) is 21.3. The molecule has 0 unspecified atom stereocenters. The number of fused-ring (bicyclic) bond motifs is 4. The van der Waals surface area contributed by atoms with Crippen molar-refractivity contribution in [2.24, 2.45) is 0 Å². The number of benzene rings is 7. The van der Waals surface area contributed by atoms with Crippen LogP contribution in [0.15, 0.2) is 109 Å². The lowest BCUT2D eigenvalue weighted by molar-refractivity contribution is 0.0635. The van der Waals surface area contributed by atoms with Crippen molar-refractivity contribution < 1.29 is 19.2 Å². The van der Waals surface area contributed by atoms with Crippen LogP contribution in [0.4, 0.5) is 0 Å². The highest BCUT2D eigenvalue weighted by Crippen LogP contribution is 2.51. The van der Waals surface area contributed by atoms with Gasteiger partial charge in [0.05, 0.1) is 7.47 Å². The number of imide groups is 2. The number of rotatable bonds is 2. The maximum atomic E-state index is 12.6. The van der Waals surface area contributed by atoms with Crippen LogP contribution >= 0.6 is 63.7 Å². The second-order valence-electron chi connectivity index (χ2n) is 13.9. The van der Waals surface area contributed by atoms with E-state index in [0.29, 0.717) is 22.3 Å². The van der Waals surface area contributed by atoms with E-state index in [4.69, 9.17) is 0 Å². The van der Waals surface area contributed by atoms with Crippen molar-refractivity contribution in [3.8, 4) is 22.3 Å². The minimum absolute atomic E-state index is 0.207. The van der Waals surface area contributed by atoms with E-state index >= 15 is 0 Å². The van der Waals surface area contributed by atoms with Crippen molar-refractivity contribution in [1.82, 2.24) is 9.80 Å². The van der Waals surface area contributed by atoms with Crippen LogP contribution in [0, 0.1) is 0 Å². The molecule has 0 bridgehead atoms. The van der Waals surface area contributed by atoms with Crippen molar-refractivity contribution >= 4 is 132 Å². The Morgan fingerprint density at radius 3 is 1.11 bits per heavy atom. The van der Waals surface area contributed by atoms with E-state index in [0.717, 1.165) is 43.8 Å². The Balaban J connectivity index is 0.000000119. The average molecular weight is 992 g/mol. The van der Waals surface area contributed by atoms with Crippen molar-refractivity contribution in [1.29, 1.82) is 0 Å². The number of hydrogen-bond donors (Lipinski definition) is 0. The molecule has 7 aromatic carbocycles. The van der Waals surface area contributed by atoms with E-state index in [2.05, 4.69) is 100 Å². The molecule has 2 aliphatic carbocycles. The van der Waals surface area contributed by atoms with Gasteiger partial charge in [-0.2, -0.15) is 0 Å². The number of hydrogen-bond acceptors (Lipinski definition) is 4. The Hall–Kier alpha value is -4.74. The summed E-state index contributed by atoms with van der Waals surface area (Å²) in [6, 6.07) is 36.2. The Morgan fingerprint density at radius 1 is 0.393 bits per heavy atom. The van der Waals surface area contributed by atoms with Gasteiger partial charge in [0.1, 0.15) is 0 Å². The highest BCUT2D eigenvalue weighted by Gasteiger charge is 2.35. The first-order valence-electron chi connectivity index (χ1n) is 17.7. The zero-order chi connectivity index (χ0) is 39.2. The lowest BCUT2D eigenvalue weighted by Crippen LogP contribution is -2.36. The molecule has 4 aliphatic rings. The minimum atomic E-state index is -0.229. The smallest absolute Gasteiger partial charge is 0.261 e. The van der Waals surface area contributed by atoms with Gasteiger partial charge in [-0.25, -0.2) is 0 Å². The van der Waals surface area contributed by atoms with Crippen LogP contribution in [-0.2, 0) is 0 Å². The first kappa shape index (κ1) is 36.9. The molecule has 0 N–H and O–H groups in total. The number of nitrogens with zero attached hydrogens (tertiary/aromatic N) is 2. The number of carbonyl (C=O) groups is 4. The fourth-order valence-corrected chi connectivity index (χ4v) is 9.83. The summed E-state index contributed by atoms with van der Waals surface area (Å²) in [5.74, 6) is -0.897. The van der Waals surface area contributed by atoms with Crippen molar-refractivity contribution in [3.63, 3.8) is 0 Å². The molecule has 274 valence electrons. The van der Waals surface area contributed by atoms with Gasteiger partial charge in [-0.05, 0) is 102 Å². The summed E-state index contributed by atoms with van der Waals surface area (Å²) in [4.78, 5) is 51.9. The maximum Gasteiger partial charge on any atom is 0.261 e. The number of amides is 4. The third kappa shape index (κ3) is 5.67. The molecule has 2 heterocycles. The van der Waals surface area contributed by atoms with Crippen LogP contribution in [0.1, 0.15) is 71.2 Å². The average Bonchev–Trinajstić information content (AvgIpc) is 3.78. The summed E-state index contributed by atoms with van der Waals surface area (Å²) in [6.45, 7) is 0. The van der Waals surface area contributed by atoms with E-state index in [-0.39, 0.29) is 31.1 Å². The predicted molar refractivity (Wildman–Crippen MR) is 239 cm³/mol. The van der Waals surface area contributed by atoms with Crippen molar-refractivity contribution in [2.75, 3.05) is 14.1 Å². The van der Waals surface area contributed by atoms with Gasteiger partial charge in [-0.15, -0.1) is 0 Å². The molecule has 2 aliphatic heterocycles. The molecule has 0 saturated heterocycles. The van der Waals surface area contributed by atoms with Gasteiger partial charge in [0.15, 0.2) is 0 Å². The van der Waals surface area contributed by atoms with E-state index in [9.17, 15) is 19.2 Å². The largest absolute Gasteiger partial charge is 0.277 e. The molecule has 4 amide bonds. The Morgan fingerprint density at radius 2 is 0.714 bits per heavy atom. The van der Waals surface area contributed by atoms with Crippen LogP contribution in [0.2, 0.25) is 0 Å². The maximum absolute atomic E-state index is 12.6. The van der Waals surface area contributed by atoms with Gasteiger partial charge in [0, 0.05) is 47.1 Å². The summed E-state index contributed by atoms with van der Waals surface area (Å²) in [5, 5.41) is 6.04. The molecule has 0 fully saturated rings. The molecule has 0 aromatic heterocycles. The normalized spacial score (nSPS) is 14.2. The van der Waals surface area contributed by atoms with E-state index in [1.807, 2.05) is 84.9 Å². The highest BCUT2D eigenvalue weighted by molar-refractivity contribution is 9.24. The Kier molecular flexibility index (Phi) is 9.23. The van der Waals surface area contributed by atoms with Crippen molar-refractivity contribution in [2.45, 2.75) is 7.47 Å². The first-order chi connectivity index (χ1) is 27.0. The monoisotopic (exact) mass is 988 g/mol. The molecule has 0 saturated carbocycles.